The van der Waals surface area contributed by atoms with Gasteiger partial charge in [-0.05, 0) is 39.8 Å². The number of benzene rings is 2. The van der Waals surface area contributed by atoms with Crippen molar-refractivity contribution >= 4 is 34.1 Å². The summed E-state index contributed by atoms with van der Waals surface area (Å²) in [7, 11) is 3.51. The molecular weight excluding hydrogens is 761 g/mol. The van der Waals surface area contributed by atoms with Crippen LogP contribution in [-0.2, 0) is 23.8 Å². The highest BCUT2D eigenvalue weighted by molar-refractivity contribution is 6.21. The number of Topliss-reactive ketones (excluding diaryl/α,β-unsaturated/α-hetero) is 1. The number of esters is 1. The number of amides is 1. The molecule has 0 aliphatic carbocycles. The van der Waals surface area contributed by atoms with Gasteiger partial charge in [-0.2, -0.15) is 0 Å². The zero-order valence-corrected chi connectivity index (χ0v) is 35.5. The summed E-state index contributed by atoms with van der Waals surface area (Å²) in [5.41, 5.74) is 0.224. The number of methoxy groups -OCH3 is 1. The van der Waals surface area contributed by atoms with E-state index in [4.69, 9.17) is 23.9 Å². The average molecular weight is 819 g/mol. The molecule has 4 aliphatic heterocycles. The molecule has 0 aromatic heterocycles. The Bertz CT molecular complexity index is 2240. The highest BCUT2D eigenvalue weighted by Crippen LogP contribution is 2.51. The second kappa shape index (κ2) is 16.7. The number of ketones is 1. The van der Waals surface area contributed by atoms with Crippen molar-refractivity contribution in [2.24, 2.45) is 33.7 Å². The number of ether oxygens (including phenoxy) is 4. The van der Waals surface area contributed by atoms with Gasteiger partial charge in [-0.1, -0.05) is 45.9 Å². The molecule has 0 saturated carbocycles. The van der Waals surface area contributed by atoms with E-state index in [1.807, 2.05) is 7.05 Å². The minimum Gasteiger partial charge on any atom is -0.507 e. The third-order valence-corrected chi connectivity index (χ3v) is 12.8. The molecule has 2 aromatic carbocycles. The Morgan fingerprint density at radius 3 is 2.29 bits per heavy atom. The lowest BCUT2D eigenvalue weighted by molar-refractivity contribution is -0.160. The molecule has 1 fully saturated rings. The second-order valence-corrected chi connectivity index (χ2v) is 17.0. The number of likely N-dealkylation sites (tertiary alicyclic amines) is 1. The quantitative estimate of drug-likeness (QED) is 0.216. The molecule has 15 heteroatoms. The first kappa shape index (κ1) is 43.7. The van der Waals surface area contributed by atoms with Crippen molar-refractivity contribution in [2.45, 2.75) is 104 Å². The lowest BCUT2D eigenvalue weighted by atomic mass is 9.78. The molecule has 9 atom stereocenters. The Kier molecular flexibility index (Phi) is 12.4. The van der Waals surface area contributed by atoms with Crippen molar-refractivity contribution in [3.8, 4) is 17.2 Å². The largest absolute Gasteiger partial charge is 0.507 e. The van der Waals surface area contributed by atoms with Crippen LogP contribution in [0.1, 0.15) is 77.2 Å². The monoisotopic (exact) mass is 818 g/mol. The van der Waals surface area contributed by atoms with E-state index in [9.17, 15) is 34.8 Å². The number of carbonyl (C=O) groups excluding carboxylic acids is 3. The number of rotatable bonds is 2. The zero-order chi connectivity index (χ0) is 43.3. The van der Waals surface area contributed by atoms with E-state index in [0.717, 1.165) is 13.1 Å². The molecule has 4 heterocycles. The summed E-state index contributed by atoms with van der Waals surface area (Å²) in [5.74, 6) is -7.03. The Morgan fingerprint density at radius 2 is 1.64 bits per heavy atom. The first-order chi connectivity index (χ1) is 27.8. The Balaban J connectivity index is 1.57. The van der Waals surface area contributed by atoms with Crippen LogP contribution in [0.15, 0.2) is 46.1 Å². The summed E-state index contributed by atoms with van der Waals surface area (Å²) >= 11 is 0. The molecule has 320 valence electrons. The van der Waals surface area contributed by atoms with Crippen molar-refractivity contribution < 1.29 is 53.8 Å². The minimum atomic E-state index is -1.95. The number of hydrogen-bond acceptors (Lipinski definition) is 14. The number of hydrogen-bond donors (Lipinski definition) is 5. The Morgan fingerprint density at radius 1 is 0.966 bits per heavy atom. The van der Waals surface area contributed by atoms with Gasteiger partial charge in [0.1, 0.15) is 28.3 Å². The number of aromatic hydroxyl groups is 2. The van der Waals surface area contributed by atoms with Crippen molar-refractivity contribution in [3.63, 3.8) is 0 Å². The fourth-order valence-corrected chi connectivity index (χ4v) is 8.81. The van der Waals surface area contributed by atoms with Crippen LogP contribution in [0.4, 0.5) is 5.69 Å². The molecule has 1 saturated heterocycles. The third kappa shape index (κ3) is 7.97. The first-order valence-electron chi connectivity index (χ1n) is 20.2. The van der Waals surface area contributed by atoms with Crippen LogP contribution in [0.2, 0.25) is 0 Å². The number of phenols is 2. The standard InChI is InChI=1S/C44H58N4O11/c1-21-12-11-13-22(2)42(55)46-34-33-32(47-44(20-45-33)15-17-48(9)18-16-44)29-30(38(34)53)37(52)26(6)40-31(29)41(54)43(8,59-40)57-19-14-28(56-10)23(3)39(58-27(7)49)25(5)36(51)24(4)35(21)50/h11-14,19,21,23-25,28,35-36,39,47,50-53H,15-18,20H2,1-10H3/b12-11+,19-14+,22-13-,46-34?/t21-,23?,24+,25+,28-,35-,36+,39+,43-/m0/s1. The van der Waals surface area contributed by atoms with E-state index in [1.54, 1.807) is 59.8 Å². The number of anilines is 1. The summed E-state index contributed by atoms with van der Waals surface area (Å²) in [6, 6.07) is 0. The fraction of sp³-hybridized carbons (Fsp3) is 0.568. The summed E-state index contributed by atoms with van der Waals surface area (Å²) in [6.45, 7) is 14.7. The van der Waals surface area contributed by atoms with Crippen molar-refractivity contribution in [2.75, 3.05) is 39.1 Å². The van der Waals surface area contributed by atoms with E-state index >= 15 is 0 Å². The topological polar surface area (TPSA) is 209 Å². The molecule has 0 radical (unpaired) electrons. The number of fused-ring (bicyclic) bond motifs is 1. The van der Waals surface area contributed by atoms with Crippen LogP contribution >= 0.6 is 0 Å². The van der Waals surface area contributed by atoms with E-state index in [2.05, 4.69) is 15.2 Å². The van der Waals surface area contributed by atoms with Gasteiger partial charge in [-0.3, -0.25) is 19.4 Å². The minimum absolute atomic E-state index is 0.0544. The summed E-state index contributed by atoms with van der Waals surface area (Å²) in [6.07, 6.45) is 5.32. The maximum Gasteiger partial charge on any atom is 0.312 e. The number of nitrogens with one attached hydrogen (secondary N) is 1. The number of carbonyl (C=O) groups is 3. The van der Waals surface area contributed by atoms with Gasteiger partial charge in [0, 0.05) is 74.2 Å². The number of nitrogens with zero attached hydrogens (tertiary/aromatic N) is 3. The van der Waals surface area contributed by atoms with Gasteiger partial charge in [0.2, 0.25) is 0 Å². The SMILES string of the molecule is CO[C@H]1/C=C/O[C@@]2(C)Oc3c(C)c(O)c4c(O)c(c5c(c4c3C2=O)NC2(CCN(C)CC2)CN=5)=NC(=O)/C(C)=C\C=C\[C@H](C)[C@H](O)[C@@H](C)[C@@H](O)[C@@H](C)[C@H](OC(C)=O)C1C. The first-order valence-corrected chi connectivity index (χ1v) is 20.2. The van der Waals surface area contributed by atoms with E-state index in [1.165, 1.54) is 33.3 Å². The number of aliphatic hydroxyl groups excluding tert-OH is 2. The van der Waals surface area contributed by atoms with Crippen LogP contribution < -0.4 is 20.8 Å². The van der Waals surface area contributed by atoms with E-state index in [-0.39, 0.29) is 49.7 Å². The lowest BCUT2D eigenvalue weighted by Crippen LogP contribution is -2.54. The van der Waals surface area contributed by atoms with Crippen LogP contribution in [0.5, 0.6) is 17.2 Å². The normalized spacial score (nSPS) is 33.5. The van der Waals surface area contributed by atoms with Gasteiger partial charge < -0.3 is 49.6 Å². The van der Waals surface area contributed by atoms with Gasteiger partial charge in [0.25, 0.3) is 11.7 Å². The smallest absolute Gasteiger partial charge is 0.312 e. The van der Waals surface area contributed by atoms with Gasteiger partial charge in [0.05, 0.1) is 53.3 Å². The summed E-state index contributed by atoms with van der Waals surface area (Å²) in [5, 5.41) is 50.4. The van der Waals surface area contributed by atoms with Crippen molar-refractivity contribution in [3.05, 3.63) is 58.0 Å². The number of aliphatic hydroxyl groups is 2. The highest BCUT2D eigenvalue weighted by Gasteiger charge is 2.50. The van der Waals surface area contributed by atoms with Crippen molar-refractivity contribution in [1.82, 2.24) is 4.90 Å². The maximum atomic E-state index is 14.7. The molecule has 5 N–H and O–H groups in total. The van der Waals surface area contributed by atoms with Gasteiger partial charge in [-0.15, -0.1) is 0 Å². The maximum absolute atomic E-state index is 14.7. The number of phenolic OH excluding ortho intramolecular Hbond substituents is 2. The van der Waals surface area contributed by atoms with Crippen molar-refractivity contribution in [1.29, 1.82) is 0 Å². The number of piperidine rings is 1. The van der Waals surface area contributed by atoms with Gasteiger partial charge >= 0.3 is 11.8 Å². The Hall–Kier alpha value is -4.83. The molecule has 1 unspecified atom stereocenters. The second-order valence-electron chi connectivity index (χ2n) is 17.0. The molecule has 2 aromatic rings. The number of allylic oxidation sites excluding steroid dienone is 2. The molecule has 6 rings (SSSR count). The van der Waals surface area contributed by atoms with Crippen LogP contribution in [0.3, 0.4) is 0 Å². The summed E-state index contributed by atoms with van der Waals surface area (Å²) < 4.78 is 24.0. The summed E-state index contributed by atoms with van der Waals surface area (Å²) in [4.78, 5) is 52.4. The molecule has 1 spiro atoms. The molecule has 4 aliphatic rings. The average Bonchev–Trinajstić information content (AvgIpc) is 3.47. The molecule has 4 bridgehead atoms. The van der Waals surface area contributed by atoms with Gasteiger partial charge in [0.15, 0.2) is 5.75 Å². The van der Waals surface area contributed by atoms with Crippen LogP contribution in [0, 0.1) is 30.6 Å². The molecule has 15 nitrogen and oxygen atoms in total. The zero-order valence-electron chi connectivity index (χ0n) is 35.5. The molecular formula is C44H58N4O11. The fourth-order valence-electron chi connectivity index (χ4n) is 8.81. The predicted molar refractivity (Wildman–Crippen MR) is 219 cm³/mol. The van der Waals surface area contributed by atoms with E-state index < -0.39 is 82.8 Å². The van der Waals surface area contributed by atoms with E-state index in [0.29, 0.717) is 25.1 Å². The lowest BCUT2D eigenvalue weighted by Gasteiger charge is -2.43. The van der Waals surface area contributed by atoms with Crippen LogP contribution in [-0.4, -0.2) is 113 Å². The predicted octanol–water partition coefficient (Wildman–Crippen LogP) is 3.77. The van der Waals surface area contributed by atoms with Gasteiger partial charge in [-0.25, -0.2) is 4.99 Å². The highest BCUT2D eigenvalue weighted by atomic mass is 16.7. The van der Waals surface area contributed by atoms with Crippen LogP contribution in [0.25, 0.3) is 10.8 Å². The molecule has 59 heavy (non-hydrogen) atoms. The molecule has 1 amide bonds. The third-order valence-electron chi connectivity index (χ3n) is 12.8. The Labute approximate surface area is 344 Å².